The van der Waals surface area contributed by atoms with E-state index < -0.39 is 17.7 Å². The molecule has 2 aliphatic rings. The fourth-order valence-electron chi connectivity index (χ4n) is 4.38. The SMILES string of the molecule is C[C@@H]1CC[C@@H](C2CCC(O)CC2)N(C(=O)C(=O)Nc2ncccc2C(N)=O)C1. The van der Waals surface area contributed by atoms with Crippen molar-refractivity contribution in [1.82, 2.24) is 9.88 Å². The zero-order valence-corrected chi connectivity index (χ0v) is 16.1. The van der Waals surface area contributed by atoms with Gasteiger partial charge in [-0.25, -0.2) is 4.98 Å². The quantitative estimate of drug-likeness (QED) is 0.673. The summed E-state index contributed by atoms with van der Waals surface area (Å²) in [4.78, 5) is 42.8. The summed E-state index contributed by atoms with van der Waals surface area (Å²) in [5.74, 6) is -1.53. The van der Waals surface area contributed by atoms with Crippen LogP contribution in [0.1, 0.15) is 55.8 Å². The molecule has 2 atom stereocenters. The smallest absolute Gasteiger partial charge is 0.315 e. The fourth-order valence-corrected chi connectivity index (χ4v) is 4.38. The predicted molar refractivity (Wildman–Crippen MR) is 103 cm³/mol. The Morgan fingerprint density at radius 3 is 2.57 bits per heavy atom. The van der Waals surface area contributed by atoms with Gasteiger partial charge >= 0.3 is 11.8 Å². The number of aliphatic hydroxyl groups is 1. The number of piperidine rings is 1. The Labute approximate surface area is 164 Å². The molecule has 3 amide bonds. The summed E-state index contributed by atoms with van der Waals surface area (Å²) in [6.45, 7) is 2.60. The van der Waals surface area contributed by atoms with Crippen LogP contribution in [0.4, 0.5) is 5.82 Å². The Balaban J connectivity index is 1.74. The topological polar surface area (TPSA) is 126 Å². The van der Waals surface area contributed by atoms with Crippen molar-refractivity contribution in [1.29, 1.82) is 0 Å². The van der Waals surface area contributed by atoms with Gasteiger partial charge in [-0.1, -0.05) is 6.92 Å². The van der Waals surface area contributed by atoms with Crippen molar-refractivity contribution in [3.05, 3.63) is 23.9 Å². The summed E-state index contributed by atoms with van der Waals surface area (Å²) >= 11 is 0. The number of primary amides is 1. The van der Waals surface area contributed by atoms with Crippen LogP contribution in [0, 0.1) is 11.8 Å². The van der Waals surface area contributed by atoms with Gasteiger partial charge in [0.15, 0.2) is 0 Å². The van der Waals surface area contributed by atoms with Crippen molar-refractivity contribution in [3.63, 3.8) is 0 Å². The van der Waals surface area contributed by atoms with E-state index in [1.54, 1.807) is 4.90 Å². The predicted octanol–water partition coefficient (Wildman–Crippen LogP) is 1.30. The normalized spacial score (nSPS) is 27.9. The molecule has 0 aromatic carbocycles. The summed E-state index contributed by atoms with van der Waals surface area (Å²) in [6.07, 6.45) is 6.23. The minimum atomic E-state index is -0.809. The maximum absolute atomic E-state index is 13.0. The zero-order chi connectivity index (χ0) is 20.3. The molecule has 1 saturated heterocycles. The van der Waals surface area contributed by atoms with Crippen LogP contribution in [-0.4, -0.2) is 51.4 Å². The molecule has 1 saturated carbocycles. The lowest BCUT2D eigenvalue weighted by molar-refractivity contribution is -0.148. The Kier molecular flexibility index (Phi) is 6.28. The highest BCUT2D eigenvalue weighted by atomic mass is 16.3. The molecule has 3 rings (SSSR count). The van der Waals surface area contributed by atoms with E-state index in [0.29, 0.717) is 18.4 Å². The maximum Gasteiger partial charge on any atom is 0.315 e. The summed E-state index contributed by atoms with van der Waals surface area (Å²) in [5.41, 5.74) is 5.38. The van der Waals surface area contributed by atoms with Gasteiger partial charge in [-0.05, 0) is 62.5 Å². The standard InChI is InChI=1S/C20H28N4O4/c1-12-4-9-16(13-5-7-14(25)8-6-13)24(11-12)20(28)19(27)23-18-15(17(21)26)3-2-10-22-18/h2-3,10,12-14,16,25H,4-9,11H2,1H3,(H2,21,26)(H,22,23,27)/t12-,13?,14?,16+/m1/s1. The largest absolute Gasteiger partial charge is 0.393 e. The summed E-state index contributed by atoms with van der Waals surface area (Å²) < 4.78 is 0. The summed E-state index contributed by atoms with van der Waals surface area (Å²) in [6, 6.07) is 2.99. The lowest BCUT2D eigenvalue weighted by atomic mass is 9.77. The number of aliphatic hydroxyl groups excluding tert-OH is 1. The molecule has 2 heterocycles. The van der Waals surface area contributed by atoms with Gasteiger partial charge in [0, 0.05) is 18.8 Å². The second-order valence-electron chi connectivity index (χ2n) is 7.99. The van der Waals surface area contributed by atoms with Crippen molar-refractivity contribution in [2.75, 3.05) is 11.9 Å². The Bertz CT molecular complexity index is 745. The van der Waals surface area contributed by atoms with Gasteiger partial charge in [0.25, 0.3) is 5.91 Å². The number of anilines is 1. The van der Waals surface area contributed by atoms with Gasteiger partial charge in [-0.3, -0.25) is 14.4 Å². The minimum absolute atomic E-state index is 0.00120. The van der Waals surface area contributed by atoms with E-state index in [2.05, 4.69) is 17.2 Å². The number of nitrogens with two attached hydrogens (primary N) is 1. The van der Waals surface area contributed by atoms with Crippen molar-refractivity contribution in [2.45, 2.75) is 57.6 Å². The van der Waals surface area contributed by atoms with Crippen LogP contribution in [0.2, 0.25) is 0 Å². The van der Waals surface area contributed by atoms with Crippen molar-refractivity contribution < 1.29 is 19.5 Å². The van der Waals surface area contributed by atoms with Gasteiger partial charge in [0.1, 0.15) is 5.82 Å². The molecule has 1 aliphatic heterocycles. The average molecular weight is 388 g/mol. The number of carbonyl (C=O) groups is 3. The highest BCUT2D eigenvalue weighted by Crippen LogP contribution is 2.35. The second-order valence-corrected chi connectivity index (χ2v) is 7.99. The Hall–Kier alpha value is -2.48. The van der Waals surface area contributed by atoms with Gasteiger partial charge in [-0.15, -0.1) is 0 Å². The van der Waals surface area contributed by atoms with Crippen LogP contribution in [0.5, 0.6) is 0 Å². The second kappa shape index (κ2) is 8.68. The van der Waals surface area contributed by atoms with E-state index >= 15 is 0 Å². The van der Waals surface area contributed by atoms with E-state index in [4.69, 9.17) is 5.73 Å². The third-order valence-corrected chi connectivity index (χ3v) is 5.91. The van der Waals surface area contributed by atoms with Crippen molar-refractivity contribution in [3.8, 4) is 0 Å². The number of carbonyl (C=O) groups excluding carboxylic acids is 3. The van der Waals surface area contributed by atoms with Crippen LogP contribution in [-0.2, 0) is 9.59 Å². The molecule has 2 fully saturated rings. The Morgan fingerprint density at radius 2 is 1.89 bits per heavy atom. The minimum Gasteiger partial charge on any atom is -0.393 e. The number of hydrogen-bond donors (Lipinski definition) is 3. The van der Waals surface area contributed by atoms with Crippen LogP contribution >= 0.6 is 0 Å². The molecular formula is C20H28N4O4. The number of aromatic nitrogens is 1. The number of hydrogen-bond acceptors (Lipinski definition) is 5. The first-order valence-electron chi connectivity index (χ1n) is 9.91. The highest BCUT2D eigenvalue weighted by molar-refractivity contribution is 6.39. The van der Waals surface area contributed by atoms with Gasteiger partial charge in [-0.2, -0.15) is 0 Å². The van der Waals surface area contributed by atoms with Crippen molar-refractivity contribution in [2.24, 2.45) is 17.6 Å². The molecule has 1 aromatic rings. The Morgan fingerprint density at radius 1 is 1.18 bits per heavy atom. The molecule has 8 nitrogen and oxygen atoms in total. The van der Waals surface area contributed by atoms with E-state index in [1.807, 2.05) is 0 Å². The molecule has 28 heavy (non-hydrogen) atoms. The van der Waals surface area contributed by atoms with Crippen molar-refractivity contribution >= 4 is 23.5 Å². The molecule has 152 valence electrons. The number of nitrogens with one attached hydrogen (secondary N) is 1. The average Bonchev–Trinajstić information content (AvgIpc) is 2.68. The van der Waals surface area contributed by atoms with Gasteiger partial charge in [0.05, 0.1) is 11.7 Å². The molecule has 0 radical (unpaired) electrons. The number of nitrogens with zero attached hydrogens (tertiary/aromatic N) is 2. The van der Waals surface area contributed by atoms with Gasteiger partial charge in [0.2, 0.25) is 0 Å². The van der Waals surface area contributed by atoms with E-state index in [9.17, 15) is 19.5 Å². The number of amides is 3. The third-order valence-electron chi connectivity index (χ3n) is 5.91. The van der Waals surface area contributed by atoms with Gasteiger partial charge < -0.3 is 21.1 Å². The number of rotatable bonds is 3. The maximum atomic E-state index is 13.0. The van der Waals surface area contributed by atoms with Crippen LogP contribution in [0.25, 0.3) is 0 Å². The van der Waals surface area contributed by atoms with Crippen LogP contribution < -0.4 is 11.1 Å². The number of pyridine rings is 1. The lowest BCUT2D eigenvalue weighted by Gasteiger charge is -2.44. The molecular weight excluding hydrogens is 360 g/mol. The van der Waals surface area contributed by atoms with Crippen LogP contribution in [0.15, 0.2) is 18.3 Å². The molecule has 4 N–H and O–H groups in total. The first kappa shape index (κ1) is 20.3. The van der Waals surface area contributed by atoms with Crippen LogP contribution in [0.3, 0.4) is 0 Å². The molecule has 0 spiro atoms. The van der Waals surface area contributed by atoms with E-state index in [1.165, 1.54) is 18.3 Å². The highest BCUT2D eigenvalue weighted by Gasteiger charge is 2.38. The summed E-state index contributed by atoms with van der Waals surface area (Å²) in [5, 5.41) is 12.2. The summed E-state index contributed by atoms with van der Waals surface area (Å²) in [7, 11) is 0. The van der Waals surface area contributed by atoms with E-state index in [0.717, 1.165) is 38.5 Å². The number of likely N-dealkylation sites (tertiary alicyclic amines) is 1. The molecule has 0 bridgehead atoms. The van der Waals surface area contributed by atoms with E-state index in [-0.39, 0.29) is 23.5 Å². The third kappa shape index (κ3) is 4.49. The fraction of sp³-hybridized carbons (Fsp3) is 0.600. The molecule has 8 heteroatoms. The molecule has 1 aliphatic carbocycles. The zero-order valence-electron chi connectivity index (χ0n) is 16.1. The molecule has 1 aromatic heterocycles. The lowest BCUT2D eigenvalue weighted by Crippen LogP contribution is -2.53. The monoisotopic (exact) mass is 388 g/mol. The molecule has 0 unspecified atom stereocenters. The first-order chi connectivity index (χ1) is 13.4. The first-order valence-corrected chi connectivity index (χ1v) is 9.91.